The van der Waals surface area contributed by atoms with E-state index >= 15 is 0 Å². The van der Waals surface area contributed by atoms with Crippen molar-refractivity contribution in [3.63, 3.8) is 0 Å². The number of carbonyl (C=O) groups is 1. The van der Waals surface area contributed by atoms with Crippen LogP contribution in [0.4, 0.5) is 0 Å². The van der Waals surface area contributed by atoms with Gasteiger partial charge in [-0.3, -0.25) is 10.0 Å². The van der Waals surface area contributed by atoms with Crippen LogP contribution in [0.2, 0.25) is 0 Å². The molecule has 3 aromatic rings. The van der Waals surface area contributed by atoms with Gasteiger partial charge in [0.1, 0.15) is 5.75 Å². The van der Waals surface area contributed by atoms with E-state index in [2.05, 4.69) is 0 Å². The van der Waals surface area contributed by atoms with Gasteiger partial charge in [0.15, 0.2) is 0 Å². The van der Waals surface area contributed by atoms with Gasteiger partial charge in [-0.05, 0) is 35.7 Å². The number of rotatable bonds is 6. The lowest BCUT2D eigenvalue weighted by atomic mass is 9.88. The molecule has 0 saturated heterocycles. The number of nitrogens with one attached hydrogen (secondary N) is 1. The fourth-order valence-corrected chi connectivity index (χ4v) is 3.06. The van der Waals surface area contributed by atoms with Crippen molar-refractivity contribution in [2.75, 3.05) is 6.61 Å². The molecule has 0 bridgehead atoms. The van der Waals surface area contributed by atoms with Crippen molar-refractivity contribution in [1.82, 2.24) is 5.48 Å². The lowest BCUT2D eigenvalue weighted by Crippen LogP contribution is -2.27. The van der Waals surface area contributed by atoms with Crippen LogP contribution >= 0.6 is 0 Å². The Balaban J connectivity index is 2.13. The highest BCUT2D eigenvalue weighted by Crippen LogP contribution is 2.35. The van der Waals surface area contributed by atoms with E-state index in [1.54, 1.807) is 5.48 Å². The average molecular weight is 347 g/mol. The average Bonchev–Trinajstić information content (AvgIpc) is 2.70. The lowest BCUT2D eigenvalue weighted by molar-refractivity contribution is -0.129. The minimum atomic E-state index is -0.612. The molecule has 2 N–H and O–H groups in total. The monoisotopic (exact) mass is 347 g/mol. The van der Waals surface area contributed by atoms with E-state index in [-0.39, 0.29) is 0 Å². The SMILES string of the molecule is CCOc1ccc(C(C(=O)NO)c2ccccc2)cc1-c1ccccc1. The van der Waals surface area contributed by atoms with Gasteiger partial charge >= 0.3 is 0 Å². The van der Waals surface area contributed by atoms with Crippen LogP contribution in [0.25, 0.3) is 11.1 Å². The Kier molecular flexibility index (Phi) is 5.66. The largest absolute Gasteiger partial charge is 0.493 e. The summed E-state index contributed by atoms with van der Waals surface area (Å²) in [7, 11) is 0. The highest BCUT2D eigenvalue weighted by molar-refractivity contribution is 5.87. The summed E-state index contributed by atoms with van der Waals surface area (Å²) in [5.74, 6) is -0.322. The van der Waals surface area contributed by atoms with E-state index in [4.69, 9.17) is 4.74 Å². The Hall–Kier alpha value is -3.11. The fourth-order valence-electron chi connectivity index (χ4n) is 3.06. The second-order valence-electron chi connectivity index (χ2n) is 5.87. The van der Waals surface area contributed by atoms with Crippen molar-refractivity contribution in [2.24, 2.45) is 0 Å². The number of hydroxylamine groups is 1. The van der Waals surface area contributed by atoms with E-state index in [9.17, 15) is 10.0 Å². The van der Waals surface area contributed by atoms with Crippen LogP contribution in [0.3, 0.4) is 0 Å². The van der Waals surface area contributed by atoms with E-state index in [1.807, 2.05) is 85.8 Å². The van der Waals surface area contributed by atoms with Crippen LogP contribution in [-0.4, -0.2) is 17.7 Å². The zero-order valence-corrected chi connectivity index (χ0v) is 14.6. The molecule has 0 heterocycles. The van der Waals surface area contributed by atoms with Crippen LogP contribution in [0, 0.1) is 0 Å². The summed E-state index contributed by atoms with van der Waals surface area (Å²) >= 11 is 0. The van der Waals surface area contributed by atoms with Gasteiger partial charge in [0.25, 0.3) is 5.91 Å². The Labute approximate surface area is 153 Å². The zero-order chi connectivity index (χ0) is 18.4. The highest BCUT2D eigenvalue weighted by atomic mass is 16.5. The first-order chi connectivity index (χ1) is 12.7. The van der Waals surface area contributed by atoms with Crippen molar-refractivity contribution < 1.29 is 14.7 Å². The quantitative estimate of drug-likeness (QED) is 0.513. The highest BCUT2D eigenvalue weighted by Gasteiger charge is 2.23. The van der Waals surface area contributed by atoms with Gasteiger partial charge in [0.2, 0.25) is 0 Å². The van der Waals surface area contributed by atoms with Crippen LogP contribution in [-0.2, 0) is 4.79 Å². The molecule has 4 heteroatoms. The molecule has 0 fully saturated rings. The van der Waals surface area contributed by atoms with Gasteiger partial charge < -0.3 is 4.74 Å². The fraction of sp³-hybridized carbons (Fsp3) is 0.136. The number of hydrogen-bond donors (Lipinski definition) is 2. The summed E-state index contributed by atoms with van der Waals surface area (Å²) in [5, 5.41) is 9.23. The molecule has 0 spiro atoms. The number of ether oxygens (including phenoxy) is 1. The molecule has 1 unspecified atom stereocenters. The Morgan fingerprint density at radius 1 is 0.962 bits per heavy atom. The van der Waals surface area contributed by atoms with Crippen LogP contribution in [0.5, 0.6) is 5.75 Å². The molecule has 1 amide bonds. The number of hydrogen-bond acceptors (Lipinski definition) is 3. The maximum Gasteiger partial charge on any atom is 0.255 e. The molecule has 3 rings (SSSR count). The number of amides is 1. The van der Waals surface area contributed by atoms with Crippen molar-refractivity contribution in [3.8, 4) is 16.9 Å². The minimum absolute atomic E-state index is 0.473. The molecular formula is C22H21NO3. The summed E-state index contributed by atoms with van der Waals surface area (Å²) in [6, 6.07) is 25.0. The maximum absolute atomic E-state index is 12.4. The molecule has 0 aliphatic heterocycles. The third kappa shape index (κ3) is 3.76. The lowest BCUT2D eigenvalue weighted by Gasteiger charge is -2.19. The second-order valence-corrected chi connectivity index (χ2v) is 5.87. The molecule has 0 aliphatic rings. The molecular weight excluding hydrogens is 326 g/mol. The molecule has 0 radical (unpaired) electrons. The summed E-state index contributed by atoms with van der Waals surface area (Å²) in [6.45, 7) is 2.49. The van der Waals surface area contributed by atoms with Crippen LogP contribution < -0.4 is 10.2 Å². The summed E-state index contributed by atoms with van der Waals surface area (Å²) in [6.07, 6.45) is 0. The number of carbonyl (C=O) groups excluding carboxylic acids is 1. The maximum atomic E-state index is 12.4. The molecule has 0 aromatic heterocycles. The third-order valence-electron chi connectivity index (χ3n) is 4.23. The molecule has 1 atom stereocenters. The number of benzene rings is 3. The second kappa shape index (κ2) is 8.32. The van der Waals surface area contributed by atoms with Gasteiger partial charge in [0, 0.05) is 5.56 Å². The standard InChI is InChI=1S/C22H21NO3/c1-2-26-20-14-13-18(15-19(20)16-9-5-3-6-10-16)21(22(24)23-25)17-11-7-4-8-12-17/h3-15,21,25H,2H2,1H3,(H,23,24). The van der Waals surface area contributed by atoms with Crippen molar-refractivity contribution in [1.29, 1.82) is 0 Å². The Bertz CT molecular complexity index is 863. The van der Waals surface area contributed by atoms with E-state index < -0.39 is 11.8 Å². The summed E-state index contributed by atoms with van der Waals surface area (Å²) in [5.41, 5.74) is 5.30. The van der Waals surface area contributed by atoms with Gasteiger partial charge in [-0.15, -0.1) is 0 Å². The van der Waals surface area contributed by atoms with Crippen LogP contribution in [0.15, 0.2) is 78.9 Å². The minimum Gasteiger partial charge on any atom is -0.493 e. The van der Waals surface area contributed by atoms with Gasteiger partial charge in [-0.2, -0.15) is 0 Å². The molecule has 4 nitrogen and oxygen atoms in total. The van der Waals surface area contributed by atoms with E-state index in [0.29, 0.717) is 6.61 Å². The molecule has 26 heavy (non-hydrogen) atoms. The summed E-state index contributed by atoms with van der Waals surface area (Å²) in [4.78, 5) is 12.4. The third-order valence-corrected chi connectivity index (χ3v) is 4.23. The predicted molar refractivity (Wildman–Crippen MR) is 101 cm³/mol. The molecule has 0 aliphatic carbocycles. The first kappa shape index (κ1) is 17.7. The van der Waals surface area contributed by atoms with Gasteiger partial charge in [0.05, 0.1) is 12.5 Å². The molecule has 3 aromatic carbocycles. The normalized spacial score (nSPS) is 11.6. The topological polar surface area (TPSA) is 58.6 Å². The van der Waals surface area contributed by atoms with E-state index in [1.165, 1.54) is 0 Å². The van der Waals surface area contributed by atoms with Gasteiger partial charge in [-0.25, -0.2) is 5.48 Å². The Morgan fingerprint density at radius 3 is 2.23 bits per heavy atom. The summed E-state index contributed by atoms with van der Waals surface area (Å²) < 4.78 is 5.77. The van der Waals surface area contributed by atoms with Crippen LogP contribution in [0.1, 0.15) is 24.0 Å². The Morgan fingerprint density at radius 2 is 1.62 bits per heavy atom. The predicted octanol–water partition coefficient (Wildman–Crippen LogP) is 4.39. The zero-order valence-electron chi connectivity index (χ0n) is 14.6. The van der Waals surface area contributed by atoms with Crippen molar-refractivity contribution in [2.45, 2.75) is 12.8 Å². The van der Waals surface area contributed by atoms with Crippen molar-refractivity contribution >= 4 is 5.91 Å². The smallest absolute Gasteiger partial charge is 0.255 e. The van der Waals surface area contributed by atoms with Crippen molar-refractivity contribution in [3.05, 3.63) is 90.0 Å². The molecule has 0 saturated carbocycles. The van der Waals surface area contributed by atoms with E-state index in [0.717, 1.165) is 28.0 Å². The first-order valence-electron chi connectivity index (χ1n) is 8.55. The molecule has 132 valence electrons. The van der Waals surface area contributed by atoms with Gasteiger partial charge in [-0.1, -0.05) is 66.7 Å². The first-order valence-corrected chi connectivity index (χ1v) is 8.55.